The van der Waals surface area contributed by atoms with Gasteiger partial charge in [-0.05, 0) is 12.1 Å². The number of rotatable bonds is 1. The topological polar surface area (TPSA) is 107 Å². The SMILES string of the molecule is Cc1[nH]c(=O)[nH]c(=O)c1C(=NO)n1cc[n+](C)c1.[Cl-]. The number of aromatic nitrogens is 4. The van der Waals surface area contributed by atoms with Crippen molar-refractivity contribution in [2.45, 2.75) is 6.92 Å². The number of hydrogen-bond donors (Lipinski definition) is 3. The molecule has 102 valence electrons. The van der Waals surface area contributed by atoms with Crippen LogP contribution in [0.1, 0.15) is 11.3 Å². The van der Waals surface area contributed by atoms with E-state index in [1.807, 2.05) is 0 Å². The van der Waals surface area contributed by atoms with E-state index in [-0.39, 0.29) is 23.8 Å². The molecule has 0 saturated carbocycles. The normalized spacial score (nSPS) is 11.2. The Morgan fingerprint density at radius 3 is 2.58 bits per heavy atom. The summed E-state index contributed by atoms with van der Waals surface area (Å²) >= 11 is 0. The van der Waals surface area contributed by atoms with Crippen molar-refractivity contribution in [2.75, 3.05) is 0 Å². The molecule has 2 aromatic heterocycles. The van der Waals surface area contributed by atoms with Crippen LogP contribution in [0.25, 0.3) is 0 Å². The van der Waals surface area contributed by atoms with Gasteiger partial charge in [-0.25, -0.2) is 9.36 Å². The third-order valence-corrected chi connectivity index (χ3v) is 2.46. The molecule has 0 saturated heterocycles. The predicted molar refractivity (Wildman–Crippen MR) is 61.7 cm³/mol. The van der Waals surface area contributed by atoms with E-state index < -0.39 is 11.2 Å². The van der Waals surface area contributed by atoms with Crippen molar-refractivity contribution in [3.05, 3.63) is 50.8 Å². The summed E-state index contributed by atoms with van der Waals surface area (Å²) in [6, 6.07) is 0. The van der Waals surface area contributed by atoms with Gasteiger partial charge in [-0.3, -0.25) is 9.78 Å². The van der Waals surface area contributed by atoms with E-state index in [0.29, 0.717) is 5.69 Å². The summed E-state index contributed by atoms with van der Waals surface area (Å²) in [5, 5.41) is 12.2. The molecular formula is C10H12ClN5O3. The Hall–Kier alpha value is -2.35. The molecule has 2 heterocycles. The molecule has 8 nitrogen and oxygen atoms in total. The maximum absolute atomic E-state index is 11.8. The Morgan fingerprint density at radius 1 is 1.42 bits per heavy atom. The van der Waals surface area contributed by atoms with Gasteiger partial charge < -0.3 is 22.6 Å². The standard InChI is InChI=1S/C10H11N5O3.ClH/c1-6-7(9(16)12-10(17)11-6)8(13-18)15-4-3-14(2)5-15;/h3-5H,1-2H3,(H2-,11,12,13,16,17,18);1H. The molecule has 0 bridgehead atoms. The van der Waals surface area contributed by atoms with Crippen molar-refractivity contribution in [3.63, 3.8) is 0 Å². The molecule has 0 aliphatic carbocycles. The molecule has 0 aliphatic heterocycles. The first-order valence-corrected chi connectivity index (χ1v) is 5.12. The molecule has 0 aliphatic rings. The van der Waals surface area contributed by atoms with Crippen molar-refractivity contribution in [1.29, 1.82) is 0 Å². The van der Waals surface area contributed by atoms with Crippen molar-refractivity contribution < 1.29 is 22.2 Å². The van der Waals surface area contributed by atoms with E-state index in [9.17, 15) is 9.59 Å². The van der Waals surface area contributed by atoms with Crippen molar-refractivity contribution in [1.82, 2.24) is 14.5 Å². The maximum atomic E-state index is 11.8. The Bertz CT molecular complexity index is 727. The summed E-state index contributed by atoms with van der Waals surface area (Å²) < 4.78 is 3.19. The lowest BCUT2D eigenvalue weighted by Crippen LogP contribution is -3.00. The molecule has 0 aromatic carbocycles. The highest BCUT2D eigenvalue weighted by Crippen LogP contribution is 2.00. The summed E-state index contributed by atoms with van der Waals surface area (Å²) in [5.41, 5.74) is -0.779. The molecule has 0 atom stereocenters. The van der Waals surface area contributed by atoms with Crippen molar-refractivity contribution >= 4 is 5.84 Å². The van der Waals surface area contributed by atoms with Crippen molar-refractivity contribution in [2.24, 2.45) is 12.2 Å². The van der Waals surface area contributed by atoms with Gasteiger partial charge in [0.2, 0.25) is 6.33 Å². The molecule has 9 heteroatoms. The van der Waals surface area contributed by atoms with E-state index in [1.54, 1.807) is 37.3 Å². The number of hydrogen-bond acceptors (Lipinski definition) is 4. The van der Waals surface area contributed by atoms with Crippen LogP contribution in [0.2, 0.25) is 0 Å². The van der Waals surface area contributed by atoms with Crippen LogP contribution in [0.15, 0.2) is 33.5 Å². The Kier molecular flexibility index (Phi) is 4.28. The van der Waals surface area contributed by atoms with E-state index in [1.165, 1.54) is 4.57 Å². The molecule has 19 heavy (non-hydrogen) atoms. The van der Waals surface area contributed by atoms with Crippen LogP contribution < -0.4 is 28.2 Å². The van der Waals surface area contributed by atoms with E-state index in [4.69, 9.17) is 5.21 Å². The first-order valence-electron chi connectivity index (χ1n) is 5.12. The van der Waals surface area contributed by atoms with Gasteiger partial charge in [-0.1, -0.05) is 0 Å². The molecule has 0 spiro atoms. The predicted octanol–water partition coefficient (Wildman–Crippen LogP) is -4.31. The van der Waals surface area contributed by atoms with Gasteiger partial charge >= 0.3 is 5.69 Å². The zero-order valence-corrected chi connectivity index (χ0v) is 11.0. The average molecular weight is 286 g/mol. The summed E-state index contributed by atoms with van der Waals surface area (Å²) in [4.78, 5) is 27.4. The summed E-state index contributed by atoms with van der Waals surface area (Å²) in [6.45, 7) is 1.56. The van der Waals surface area contributed by atoms with Gasteiger partial charge in [0.1, 0.15) is 18.0 Å². The van der Waals surface area contributed by atoms with Crippen LogP contribution in [0, 0.1) is 6.92 Å². The first kappa shape index (κ1) is 14.7. The number of halogens is 1. The number of nitrogens with zero attached hydrogens (tertiary/aromatic N) is 3. The lowest BCUT2D eigenvalue weighted by molar-refractivity contribution is -0.670. The van der Waals surface area contributed by atoms with E-state index >= 15 is 0 Å². The number of H-pyrrole nitrogens is 2. The summed E-state index contributed by atoms with van der Waals surface area (Å²) in [7, 11) is 1.79. The minimum absolute atomic E-state index is 0. The quantitative estimate of drug-likeness (QED) is 0.162. The van der Waals surface area contributed by atoms with E-state index in [2.05, 4.69) is 15.1 Å². The first-order chi connectivity index (χ1) is 8.52. The molecule has 0 amide bonds. The fourth-order valence-electron chi connectivity index (χ4n) is 1.68. The zero-order valence-electron chi connectivity index (χ0n) is 10.2. The van der Waals surface area contributed by atoms with Gasteiger partial charge in [-0.2, -0.15) is 4.57 Å². The second-order valence-electron chi connectivity index (χ2n) is 3.82. The van der Waals surface area contributed by atoms with Crippen LogP contribution in [0.4, 0.5) is 0 Å². The Morgan fingerprint density at radius 2 is 2.11 bits per heavy atom. The van der Waals surface area contributed by atoms with Gasteiger partial charge in [0.25, 0.3) is 11.4 Å². The zero-order chi connectivity index (χ0) is 13.3. The monoisotopic (exact) mass is 285 g/mol. The molecule has 2 aromatic rings. The lowest BCUT2D eigenvalue weighted by atomic mass is 10.2. The van der Waals surface area contributed by atoms with Crippen LogP contribution in [0.5, 0.6) is 0 Å². The van der Waals surface area contributed by atoms with Gasteiger partial charge in [0.15, 0.2) is 0 Å². The van der Waals surface area contributed by atoms with Gasteiger partial charge in [0.05, 0.1) is 7.05 Å². The third kappa shape index (κ3) is 2.74. The molecule has 0 unspecified atom stereocenters. The average Bonchev–Trinajstić information content (AvgIpc) is 2.69. The molecule has 2 rings (SSSR count). The Balaban J connectivity index is 0.00000180. The maximum Gasteiger partial charge on any atom is 0.325 e. The molecule has 0 radical (unpaired) electrons. The molecular weight excluding hydrogens is 274 g/mol. The lowest BCUT2D eigenvalue weighted by Gasteiger charge is -2.02. The number of nitrogens with one attached hydrogen (secondary N) is 2. The van der Waals surface area contributed by atoms with Crippen molar-refractivity contribution in [3.8, 4) is 0 Å². The smallest absolute Gasteiger partial charge is 0.325 e. The number of aryl methyl sites for hydroxylation is 2. The highest BCUT2D eigenvalue weighted by molar-refractivity contribution is 6.00. The largest absolute Gasteiger partial charge is 1.00 e. The van der Waals surface area contributed by atoms with Crippen LogP contribution in [0.3, 0.4) is 0 Å². The van der Waals surface area contributed by atoms with Gasteiger partial charge in [0, 0.05) is 5.69 Å². The number of aromatic amines is 2. The Labute approximate surface area is 113 Å². The minimum atomic E-state index is -0.611. The van der Waals surface area contributed by atoms with Crippen LogP contribution >= 0.6 is 0 Å². The highest BCUT2D eigenvalue weighted by Gasteiger charge is 2.20. The highest BCUT2D eigenvalue weighted by atomic mass is 35.5. The fourth-order valence-corrected chi connectivity index (χ4v) is 1.68. The van der Waals surface area contributed by atoms with Gasteiger partial charge in [-0.15, -0.1) is 0 Å². The van der Waals surface area contributed by atoms with E-state index in [0.717, 1.165) is 0 Å². The second kappa shape index (κ2) is 5.53. The second-order valence-corrected chi connectivity index (χ2v) is 3.82. The molecule has 0 fully saturated rings. The summed E-state index contributed by atoms with van der Waals surface area (Å²) in [5.74, 6) is 0.0330. The minimum Gasteiger partial charge on any atom is -1.00 e. The number of imidazole rings is 1. The fraction of sp³-hybridized carbons (Fsp3) is 0.200. The molecule has 3 N–H and O–H groups in total. The van der Waals surface area contributed by atoms with Crippen LogP contribution in [-0.4, -0.2) is 25.6 Å². The number of oxime groups is 1. The summed E-state index contributed by atoms with van der Waals surface area (Å²) in [6.07, 6.45) is 4.97. The van der Waals surface area contributed by atoms with Crippen LogP contribution in [-0.2, 0) is 7.05 Å². The third-order valence-electron chi connectivity index (χ3n) is 2.46.